The van der Waals surface area contributed by atoms with Crippen molar-refractivity contribution >= 4 is 11.4 Å². The van der Waals surface area contributed by atoms with Gasteiger partial charge in [0.25, 0.3) is 0 Å². The Bertz CT molecular complexity index is 1380. The van der Waals surface area contributed by atoms with Crippen LogP contribution in [0.3, 0.4) is 0 Å². The van der Waals surface area contributed by atoms with Crippen LogP contribution in [0.15, 0.2) is 154 Å². The van der Waals surface area contributed by atoms with E-state index in [1.54, 1.807) is 0 Å². The molecule has 0 saturated heterocycles. The molecule has 238 valence electrons. The Kier molecular flexibility index (Phi) is 14.1. The molecule has 0 heterocycles. The highest BCUT2D eigenvalue weighted by Crippen LogP contribution is 2.30. The molecule has 4 rings (SSSR count). The number of benzene rings is 4. The van der Waals surface area contributed by atoms with Crippen molar-refractivity contribution in [1.29, 1.82) is 0 Å². The first kappa shape index (κ1) is 34.2. The zero-order valence-corrected chi connectivity index (χ0v) is 28.1. The Morgan fingerprint density at radius 3 is 0.891 bits per heavy atom. The number of hydrogen-bond acceptors (Lipinski definition) is 4. The predicted molar refractivity (Wildman–Crippen MR) is 197 cm³/mol. The zero-order chi connectivity index (χ0) is 32.4. The molecular formula is C42H50N4. The molecule has 4 heteroatoms. The average Bonchev–Trinajstić information content (AvgIpc) is 3.11. The third-order valence-corrected chi connectivity index (χ3v) is 7.89. The lowest BCUT2D eigenvalue weighted by molar-refractivity contribution is 0.703. The van der Waals surface area contributed by atoms with E-state index in [9.17, 15) is 0 Å². The number of allylic oxidation sites excluding steroid dienone is 4. The second-order valence-electron chi connectivity index (χ2n) is 11.5. The summed E-state index contributed by atoms with van der Waals surface area (Å²) in [5.74, 6) is 0. The second-order valence-corrected chi connectivity index (χ2v) is 11.5. The Morgan fingerprint density at radius 2 is 0.652 bits per heavy atom. The lowest BCUT2D eigenvalue weighted by Gasteiger charge is -2.22. The lowest BCUT2D eigenvalue weighted by Crippen LogP contribution is -2.18. The van der Waals surface area contributed by atoms with Gasteiger partial charge in [0.1, 0.15) is 0 Å². The molecule has 46 heavy (non-hydrogen) atoms. The molecule has 0 bridgehead atoms. The molecule has 0 radical (unpaired) electrons. The van der Waals surface area contributed by atoms with Crippen molar-refractivity contribution in [2.45, 2.75) is 79.1 Å². The lowest BCUT2D eigenvalue weighted by atomic mass is 9.91. The number of hydrogen-bond donors (Lipinski definition) is 2. The Morgan fingerprint density at radius 1 is 0.391 bits per heavy atom. The Labute approximate surface area is 277 Å². The maximum atomic E-state index is 5.13. The Balaban J connectivity index is 1.85. The highest BCUT2D eigenvalue weighted by Gasteiger charge is 2.17. The zero-order valence-electron chi connectivity index (χ0n) is 28.1. The second kappa shape index (κ2) is 19.0. The van der Waals surface area contributed by atoms with Crippen molar-refractivity contribution in [3.8, 4) is 0 Å². The van der Waals surface area contributed by atoms with Gasteiger partial charge in [-0.1, -0.05) is 175 Å². The van der Waals surface area contributed by atoms with Crippen molar-refractivity contribution in [2.24, 2.45) is 10.2 Å². The fourth-order valence-electron chi connectivity index (χ4n) is 5.74. The number of nitrogens with zero attached hydrogens (tertiary/aromatic N) is 2. The van der Waals surface area contributed by atoms with Gasteiger partial charge in [0.2, 0.25) is 0 Å². The maximum Gasteiger partial charge on any atom is 0.0977 e. The first-order chi connectivity index (χ1) is 22.7. The molecule has 4 aromatic rings. The molecular weight excluding hydrogens is 560 g/mol. The molecule has 0 amide bonds. The van der Waals surface area contributed by atoms with E-state index in [0.717, 1.165) is 85.0 Å². The first-order valence-electron chi connectivity index (χ1n) is 17.0. The van der Waals surface area contributed by atoms with Crippen LogP contribution >= 0.6 is 0 Å². The van der Waals surface area contributed by atoms with Crippen LogP contribution in [0.1, 0.15) is 101 Å². The van der Waals surface area contributed by atoms with Gasteiger partial charge in [-0.2, -0.15) is 10.2 Å². The molecule has 0 atom stereocenters. The van der Waals surface area contributed by atoms with Crippen molar-refractivity contribution in [3.05, 3.63) is 166 Å². The summed E-state index contributed by atoms with van der Waals surface area (Å²) in [5, 5.41) is 10.3. The van der Waals surface area contributed by atoms with Crippen molar-refractivity contribution < 1.29 is 0 Å². The normalized spacial score (nSPS) is 12.0. The summed E-state index contributed by atoms with van der Waals surface area (Å²) in [6.07, 6.45) is 7.94. The van der Waals surface area contributed by atoms with E-state index in [-0.39, 0.29) is 0 Å². The summed E-state index contributed by atoms with van der Waals surface area (Å²) in [6.45, 7) is 9.03. The monoisotopic (exact) mass is 610 g/mol. The molecule has 0 spiro atoms. The minimum atomic E-state index is 0.921. The van der Waals surface area contributed by atoms with Gasteiger partial charge in [0, 0.05) is 33.6 Å². The van der Waals surface area contributed by atoms with Crippen LogP contribution in [0.2, 0.25) is 0 Å². The van der Waals surface area contributed by atoms with Gasteiger partial charge in [-0.15, -0.1) is 0 Å². The SMILES string of the molecule is CCC/C(NN=C(c1ccccc1)c1ccccc1)=C(CCC)/C(CCC)=C(/CCC)NN=C(c1ccccc1)c1ccccc1. The van der Waals surface area contributed by atoms with Gasteiger partial charge >= 0.3 is 0 Å². The molecule has 0 saturated carbocycles. The average molecular weight is 611 g/mol. The smallest absolute Gasteiger partial charge is 0.0977 e. The third kappa shape index (κ3) is 9.65. The minimum Gasteiger partial charge on any atom is -0.282 e. The minimum absolute atomic E-state index is 0.921. The quantitative estimate of drug-likeness (QED) is 0.0710. The van der Waals surface area contributed by atoms with Crippen LogP contribution in [0.5, 0.6) is 0 Å². The highest BCUT2D eigenvalue weighted by molar-refractivity contribution is 6.13. The van der Waals surface area contributed by atoms with Crippen LogP contribution < -0.4 is 10.9 Å². The van der Waals surface area contributed by atoms with E-state index < -0.39 is 0 Å². The first-order valence-corrected chi connectivity index (χ1v) is 17.0. The van der Waals surface area contributed by atoms with Crippen LogP contribution in [0, 0.1) is 0 Å². The van der Waals surface area contributed by atoms with Gasteiger partial charge in [0.15, 0.2) is 0 Å². The highest BCUT2D eigenvalue weighted by atomic mass is 15.3. The molecule has 0 fully saturated rings. The molecule has 0 aliphatic carbocycles. The summed E-state index contributed by atoms with van der Waals surface area (Å²) in [6, 6.07) is 41.8. The topological polar surface area (TPSA) is 48.8 Å². The summed E-state index contributed by atoms with van der Waals surface area (Å²) < 4.78 is 0. The molecule has 4 aromatic carbocycles. The number of hydrazone groups is 2. The molecule has 0 aliphatic heterocycles. The largest absolute Gasteiger partial charge is 0.282 e. The van der Waals surface area contributed by atoms with Gasteiger partial charge in [-0.05, 0) is 36.8 Å². The van der Waals surface area contributed by atoms with Crippen LogP contribution in [-0.2, 0) is 0 Å². The van der Waals surface area contributed by atoms with Crippen molar-refractivity contribution in [1.82, 2.24) is 10.9 Å². The predicted octanol–water partition coefficient (Wildman–Crippen LogP) is 10.8. The molecule has 0 unspecified atom stereocenters. The molecule has 4 nitrogen and oxygen atoms in total. The standard InChI is InChI=1S/C42H50N4/c1-5-21-37(39(23-7-3)43-45-41(33-25-13-9-14-26-33)34-27-15-10-16-28-34)38(22-6-2)40(24-8-4)44-46-42(35-29-17-11-18-30-35)36-31-19-12-20-32-36/h9-20,25-32,43-44H,5-8,21-24H2,1-4H3/b39-37-,40-38-. The van der Waals surface area contributed by atoms with E-state index in [2.05, 4.69) is 160 Å². The summed E-state index contributed by atoms with van der Waals surface area (Å²) >= 11 is 0. The molecule has 0 aliphatic rings. The Hall–Kier alpha value is -4.70. The van der Waals surface area contributed by atoms with Crippen molar-refractivity contribution in [2.75, 3.05) is 0 Å². The van der Waals surface area contributed by atoms with E-state index in [1.807, 2.05) is 0 Å². The van der Waals surface area contributed by atoms with Gasteiger partial charge < -0.3 is 0 Å². The van der Waals surface area contributed by atoms with Crippen LogP contribution in [-0.4, -0.2) is 11.4 Å². The third-order valence-electron chi connectivity index (χ3n) is 7.89. The number of nitrogens with one attached hydrogen (secondary N) is 2. The van der Waals surface area contributed by atoms with E-state index >= 15 is 0 Å². The summed E-state index contributed by atoms with van der Waals surface area (Å²) in [4.78, 5) is 0. The van der Waals surface area contributed by atoms with Gasteiger partial charge in [0.05, 0.1) is 11.4 Å². The van der Waals surface area contributed by atoms with Crippen LogP contribution in [0.25, 0.3) is 0 Å². The van der Waals surface area contributed by atoms with E-state index in [0.29, 0.717) is 0 Å². The van der Waals surface area contributed by atoms with Gasteiger partial charge in [-0.3, -0.25) is 10.9 Å². The van der Waals surface area contributed by atoms with Crippen molar-refractivity contribution in [3.63, 3.8) is 0 Å². The van der Waals surface area contributed by atoms with E-state index in [1.165, 1.54) is 22.5 Å². The van der Waals surface area contributed by atoms with Gasteiger partial charge in [-0.25, -0.2) is 0 Å². The molecule has 2 N–H and O–H groups in total. The van der Waals surface area contributed by atoms with Crippen LogP contribution in [0.4, 0.5) is 0 Å². The fraction of sp³-hybridized carbons (Fsp3) is 0.286. The maximum absolute atomic E-state index is 5.13. The molecule has 0 aromatic heterocycles. The summed E-state index contributed by atoms with van der Waals surface area (Å²) in [7, 11) is 0. The van der Waals surface area contributed by atoms with E-state index in [4.69, 9.17) is 10.2 Å². The number of rotatable bonds is 17. The summed E-state index contributed by atoms with van der Waals surface area (Å²) in [5.41, 5.74) is 18.6. The fourth-order valence-corrected chi connectivity index (χ4v) is 5.74.